The molecule has 0 bridgehead atoms. The van der Waals surface area contributed by atoms with Crippen LogP contribution < -0.4 is 9.47 Å². The van der Waals surface area contributed by atoms with Gasteiger partial charge in [0.15, 0.2) is 0 Å². The summed E-state index contributed by atoms with van der Waals surface area (Å²) >= 11 is 0. The van der Waals surface area contributed by atoms with Gasteiger partial charge >= 0.3 is 0 Å². The van der Waals surface area contributed by atoms with Crippen LogP contribution in [0.2, 0.25) is 0 Å². The van der Waals surface area contributed by atoms with Crippen molar-refractivity contribution in [1.29, 1.82) is 0 Å². The molecule has 2 rings (SSSR count). The first-order valence-electron chi connectivity index (χ1n) is 5.49. The monoisotopic (exact) mass is 206 g/mol. The summed E-state index contributed by atoms with van der Waals surface area (Å²) in [4.78, 5) is 0. The molecule has 2 nitrogen and oxygen atoms in total. The molecule has 0 aromatic heterocycles. The van der Waals surface area contributed by atoms with E-state index in [0.29, 0.717) is 6.10 Å². The zero-order chi connectivity index (χ0) is 10.9. The van der Waals surface area contributed by atoms with Gasteiger partial charge in [-0.1, -0.05) is 0 Å². The summed E-state index contributed by atoms with van der Waals surface area (Å²) in [5.41, 5.74) is -0.140. The lowest BCUT2D eigenvalue weighted by Crippen LogP contribution is -2.22. The van der Waals surface area contributed by atoms with E-state index < -0.39 is 0 Å². The molecule has 0 spiro atoms. The highest BCUT2D eigenvalue weighted by atomic mass is 16.5. The summed E-state index contributed by atoms with van der Waals surface area (Å²) < 4.78 is 11.4. The minimum Gasteiger partial charge on any atom is -0.490 e. The fraction of sp³-hybridized carbons (Fsp3) is 0.538. The van der Waals surface area contributed by atoms with E-state index in [1.54, 1.807) is 0 Å². The number of rotatable bonds is 3. The fourth-order valence-corrected chi connectivity index (χ4v) is 1.32. The summed E-state index contributed by atoms with van der Waals surface area (Å²) in [5.74, 6) is 1.84. The Labute approximate surface area is 91.2 Å². The Bertz CT molecular complexity index is 317. The van der Waals surface area contributed by atoms with Crippen LogP contribution in [0.3, 0.4) is 0 Å². The molecule has 0 saturated heterocycles. The molecule has 0 aliphatic heterocycles. The molecular formula is C13H18O2. The Hall–Kier alpha value is -1.18. The van der Waals surface area contributed by atoms with E-state index >= 15 is 0 Å². The van der Waals surface area contributed by atoms with Crippen LogP contribution in [0.4, 0.5) is 0 Å². The molecular weight excluding hydrogens is 188 g/mol. The van der Waals surface area contributed by atoms with Crippen LogP contribution in [0.1, 0.15) is 33.6 Å². The van der Waals surface area contributed by atoms with E-state index in [9.17, 15) is 0 Å². The molecule has 1 aliphatic carbocycles. The molecule has 0 heterocycles. The third-order valence-electron chi connectivity index (χ3n) is 2.07. The van der Waals surface area contributed by atoms with Crippen molar-refractivity contribution in [1.82, 2.24) is 0 Å². The minimum atomic E-state index is -0.140. The van der Waals surface area contributed by atoms with Crippen LogP contribution in [-0.2, 0) is 0 Å². The predicted octanol–water partition coefficient (Wildman–Crippen LogP) is 3.41. The second kappa shape index (κ2) is 3.76. The average Bonchev–Trinajstić information content (AvgIpc) is 2.90. The Kier molecular flexibility index (Phi) is 2.59. The van der Waals surface area contributed by atoms with Crippen LogP contribution in [0, 0.1) is 0 Å². The number of ether oxygens (including phenoxy) is 2. The van der Waals surface area contributed by atoms with E-state index in [4.69, 9.17) is 9.47 Å². The van der Waals surface area contributed by atoms with E-state index in [0.717, 1.165) is 11.5 Å². The largest absolute Gasteiger partial charge is 0.490 e. The molecule has 0 amide bonds. The zero-order valence-electron chi connectivity index (χ0n) is 9.62. The van der Waals surface area contributed by atoms with Gasteiger partial charge in [-0.2, -0.15) is 0 Å². The topological polar surface area (TPSA) is 18.5 Å². The second-order valence-electron chi connectivity index (χ2n) is 5.00. The van der Waals surface area contributed by atoms with E-state index in [1.165, 1.54) is 12.8 Å². The molecule has 0 unspecified atom stereocenters. The van der Waals surface area contributed by atoms with Crippen LogP contribution >= 0.6 is 0 Å². The number of hydrogen-bond donors (Lipinski definition) is 0. The van der Waals surface area contributed by atoms with E-state index in [-0.39, 0.29) is 5.60 Å². The smallest absolute Gasteiger partial charge is 0.120 e. The quantitative estimate of drug-likeness (QED) is 0.754. The van der Waals surface area contributed by atoms with Crippen molar-refractivity contribution < 1.29 is 9.47 Å². The Morgan fingerprint density at radius 1 is 1.00 bits per heavy atom. The SMILES string of the molecule is CC(C)(C)Oc1ccc(OC2CC2)cc1. The van der Waals surface area contributed by atoms with Crippen molar-refractivity contribution in [3.63, 3.8) is 0 Å². The van der Waals surface area contributed by atoms with Crippen molar-refractivity contribution in [3.8, 4) is 11.5 Å². The fourth-order valence-electron chi connectivity index (χ4n) is 1.32. The Morgan fingerprint density at radius 2 is 1.53 bits per heavy atom. The lowest BCUT2D eigenvalue weighted by atomic mass is 10.2. The maximum atomic E-state index is 5.72. The van der Waals surface area contributed by atoms with Gasteiger partial charge in [-0.05, 0) is 57.9 Å². The van der Waals surface area contributed by atoms with Crippen molar-refractivity contribution in [2.45, 2.75) is 45.3 Å². The third-order valence-corrected chi connectivity index (χ3v) is 2.07. The normalized spacial score (nSPS) is 16.2. The van der Waals surface area contributed by atoms with Crippen LogP contribution in [-0.4, -0.2) is 11.7 Å². The molecule has 0 radical (unpaired) electrons. The predicted molar refractivity (Wildman–Crippen MR) is 60.5 cm³/mol. The molecule has 2 heteroatoms. The van der Waals surface area contributed by atoms with Crippen LogP contribution in [0.5, 0.6) is 11.5 Å². The molecule has 82 valence electrons. The van der Waals surface area contributed by atoms with E-state index in [2.05, 4.69) is 0 Å². The van der Waals surface area contributed by atoms with Gasteiger partial charge in [0.2, 0.25) is 0 Å². The molecule has 1 aromatic carbocycles. The van der Waals surface area contributed by atoms with Gasteiger partial charge < -0.3 is 9.47 Å². The molecule has 1 saturated carbocycles. The van der Waals surface area contributed by atoms with Crippen molar-refractivity contribution in [2.75, 3.05) is 0 Å². The van der Waals surface area contributed by atoms with Gasteiger partial charge in [0.25, 0.3) is 0 Å². The van der Waals surface area contributed by atoms with Crippen LogP contribution in [0.15, 0.2) is 24.3 Å². The highest BCUT2D eigenvalue weighted by Crippen LogP contribution is 2.28. The number of benzene rings is 1. The molecule has 1 fully saturated rings. The van der Waals surface area contributed by atoms with Gasteiger partial charge in [-0.25, -0.2) is 0 Å². The maximum Gasteiger partial charge on any atom is 0.120 e. The lowest BCUT2D eigenvalue weighted by Gasteiger charge is -2.21. The third kappa shape index (κ3) is 3.46. The summed E-state index contributed by atoms with van der Waals surface area (Å²) in [6.45, 7) is 6.13. The molecule has 1 aromatic rings. The lowest BCUT2D eigenvalue weighted by molar-refractivity contribution is 0.130. The first kappa shape index (κ1) is 10.3. The van der Waals surface area contributed by atoms with Gasteiger partial charge in [0, 0.05) is 0 Å². The summed E-state index contributed by atoms with van der Waals surface area (Å²) in [6.07, 6.45) is 2.85. The molecule has 15 heavy (non-hydrogen) atoms. The zero-order valence-corrected chi connectivity index (χ0v) is 9.62. The Morgan fingerprint density at radius 3 is 2.00 bits per heavy atom. The van der Waals surface area contributed by atoms with Gasteiger partial charge in [0.05, 0.1) is 6.10 Å². The Balaban J connectivity index is 1.96. The minimum absolute atomic E-state index is 0.140. The van der Waals surface area contributed by atoms with Gasteiger partial charge in [-0.15, -0.1) is 0 Å². The number of hydrogen-bond acceptors (Lipinski definition) is 2. The van der Waals surface area contributed by atoms with Crippen molar-refractivity contribution >= 4 is 0 Å². The van der Waals surface area contributed by atoms with Gasteiger partial charge in [-0.3, -0.25) is 0 Å². The highest BCUT2D eigenvalue weighted by molar-refractivity contribution is 5.32. The van der Waals surface area contributed by atoms with Crippen LogP contribution in [0.25, 0.3) is 0 Å². The van der Waals surface area contributed by atoms with Crippen molar-refractivity contribution in [2.24, 2.45) is 0 Å². The standard InChI is InChI=1S/C13H18O2/c1-13(2,3)15-12-8-6-11(7-9-12)14-10-4-5-10/h6-10H,4-5H2,1-3H3. The maximum absolute atomic E-state index is 5.72. The summed E-state index contributed by atoms with van der Waals surface area (Å²) in [6, 6.07) is 7.87. The molecule has 0 N–H and O–H groups in total. The van der Waals surface area contributed by atoms with Crippen molar-refractivity contribution in [3.05, 3.63) is 24.3 Å². The molecule has 1 aliphatic rings. The second-order valence-corrected chi connectivity index (χ2v) is 5.00. The average molecular weight is 206 g/mol. The van der Waals surface area contributed by atoms with E-state index in [1.807, 2.05) is 45.0 Å². The van der Waals surface area contributed by atoms with Gasteiger partial charge in [0.1, 0.15) is 17.1 Å². The summed E-state index contributed by atoms with van der Waals surface area (Å²) in [7, 11) is 0. The first-order chi connectivity index (χ1) is 7.03. The first-order valence-corrected chi connectivity index (χ1v) is 5.49. The molecule has 0 atom stereocenters. The highest BCUT2D eigenvalue weighted by Gasteiger charge is 2.23. The summed E-state index contributed by atoms with van der Waals surface area (Å²) in [5, 5.41) is 0.